The zero-order chi connectivity index (χ0) is 14.7. The molecule has 1 heterocycles. The van der Waals surface area contributed by atoms with Crippen molar-refractivity contribution in [3.05, 3.63) is 59.9 Å². The van der Waals surface area contributed by atoms with Crippen molar-refractivity contribution in [1.29, 1.82) is 0 Å². The predicted molar refractivity (Wildman–Crippen MR) is 89.6 cm³/mol. The molecule has 1 aliphatic rings. The van der Waals surface area contributed by atoms with E-state index in [1.807, 2.05) is 29.2 Å². The Balaban J connectivity index is 0.00000176. The van der Waals surface area contributed by atoms with Crippen LogP contribution >= 0.6 is 12.4 Å². The quantitative estimate of drug-likeness (QED) is 0.922. The number of anilines is 1. The Labute approximate surface area is 136 Å². The lowest BCUT2D eigenvalue weighted by Crippen LogP contribution is -2.34. The minimum absolute atomic E-state index is 0. The average Bonchev–Trinajstić information content (AvgIpc) is 3.33. The normalized spacial score (nSPS) is 13.3. The Hall–Kier alpha value is -2.07. The van der Waals surface area contributed by atoms with Crippen molar-refractivity contribution < 1.29 is 4.79 Å². The highest BCUT2D eigenvalue weighted by molar-refractivity contribution is 5.85. The molecular weight excluding hydrogens is 298 g/mol. The number of hydrogen-bond acceptors (Lipinski definition) is 3. The second-order valence-electron chi connectivity index (χ2n) is 5.50. The number of pyridine rings is 1. The van der Waals surface area contributed by atoms with Crippen LogP contribution in [0, 0.1) is 0 Å². The molecule has 116 valence electrons. The highest BCUT2D eigenvalue weighted by Crippen LogP contribution is 2.29. The summed E-state index contributed by atoms with van der Waals surface area (Å²) in [5.74, 6) is 0.138. The summed E-state index contributed by atoms with van der Waals surface area (Å²) in [5.41, 5.74) is 8.18. The number of aromatic nitrogens is 1. The molecule has 0 bridgehead atoms. The van der Waals surface area contributed by atoms with Crippen molar-refractivity contribution in [2.24, 2.45) is 0 Å². The minimum atomic E-state index is 0. The second-order valence-corrected chi connectivity index (χ2v) is 5.50. The first-order valence-electron chi connectivity index (χ1n) is 7.26. The molecule has 1 fully saturated rings. The molecule has 3 rings (SSSR count). The van der Waals surface area contributed by atoms with Crippen LogP contribution in [0.15, 0.2) is 48.7 Å². The monoisotopic (exact) mass is 317 g/mol. The summed E-state index contributed by atoms with van der Waals surface area (Å²) in [5, 5.41) is 0. The molecule has 0 unspecified atom stereocenters. The summed E-state index contributed by atoms with van der Waals surface area (Å²) < 4.78 is 0. The molecule has 0 saturated heterocycles. The Kier molecular flexibility index (Phi) is 5.39. The fraction of sp³-hybridized carbons (Fsp3) is 0.294. The smallest absolute Gasteiger partial charge is 0.229 e. The molecule has 0 atom stereocenters. The Morgan fingerprint density at radius 2 is 1.91 bits per heavy atom. The minimum Gasteiger partial charge on any atom is -0.397 e. The van der Waals surface area contributed by atoms with E-state index >= 15 is 0 Å². The van der Waals surface area contributed by atoms with Crippen molar-refractivity contribution in [3.63, 3.8) is 0 Å². The van der Waals surface area contributed by atoms with Crippen LogP contribution in [0.3, 0.4) is 0 Å². The molecule has 1 aromatic carbocycles. The molecule has 0 aliphatic heterocycles. The number of amides is 1. The van der Waals surface area contributed by atoms with E-state index in [1.54, 1.807) is 12.3 Å². The van der Waals surface area contributed by atoms with Crippen LogP contribution in [0.25, 0.3) is 0 Å². The third kappa shape index (κ3) is 4.21. The van der Waals surface area contributed by atoms with Crippen molar-refractivity contribution in [3.8, 4) is 0 Å². The molecule has 2 N–H and O–H groups in total. The molecule has 2 aromatic rings. The van der Waals surface area contributed by atoms with Gasteiger partial charge >= 0.3 is 0 Å². The molecule has 1 aromatic heterocycles. The Bertz CT molecular complexity index is 612. The first kappa shape index (κ1) is 16.3. The molecule has 1 saturated carbocycles. The lowest BCUT2D eigenvalue weighted by molar-refractivity contribution is -0.131. The van der Waals surface area contributed by atoms with Crippen molar-refractivity contribution in [2.45, 2.75) is 31.8 Å². The number of benzene rings is 1. The van der Waals surface area contributed by atoms with Crippen LogP contribution in [0.1, 0.15) is 24.1 Å². The van der Waals surface area contributed by atoms with Crippen LogP contribution in [0.5, 0.6) is 0 Å². The largest absolute Gasteiger partial charge is 0.397 e. The van der Waals surface area contributed by atoms with Gasteiger partial charge in [0.25, 0.3) is 0 Å². The molecule has 1 aliphatic carbocycles. The first-order chi connectivity index (χ1) is 10.2. The van der Waals surface area contributed by atoms with Crippen molar-refractivity contribution in [1.82, 2.24) is 9.88 Å². The molecule has 22 heavy (non-hydrogen) atoms. The summed E-state index contributed by atoms with van der Waals surface area (Å²) in [6, 6.07) is 14.1. The van der Waals surface area contributed by atoms with E-state index in [-0.39, 0.29) is 18.3 Å². The van der Waals surface area contributed by atoms with Crippen LogP contribution in [0.2, 0.25) is 0 Å². The van der Waals surface area contributed by atoms with Gasteiger partial charge in [0.05, 0.1) is 18.3 Å². The van der Waals surface area contributed by atoms with E-state index in [0.717, 1.165) is 18.5 Å². The van der Waals surface area contributed by atoms with Gasteiger partial charge in [0.2, 0.25) is 5.91 Å². The van der Waals surface area contributed by atoms with E-state index in [2.05, 4.69) is 17.1 Å². The highest BCUT2D eigenvalue weighted by Gasteiger charge is 2.32. The summed E-state index contributed by atoms with van der Waals surface area (Å²) in [6.45, 7) is 0.680. The van der Waals surface area contributed by atoms with Crippen LogP contribution in [-0.2, 0) is 17.8 Å². The van der Waals surface area contributed by atoms with Gasteiger partial charge < -0.3 is 10.6 Å². The third-order valence-electron chi connectivity index (χ3n) is 3.68. The lowest BCUT2D eigenvalue weighted by atomic mass is 10.2. The maximum absolute atomic E-state index is 12.5. The standard InChI is InChI=1S/C17H19N3O.ClH/c18-14-6-7-15(19-11-14)10-17(21)20(16-8-9-16)12-13-4-2-1-3-5-13;/h1-7,11,16H,8-10,12,18H2;1H. The molecule has 0 radical (unpaired) electrons. The zero-order valence-electron chi connectivity index (χ0n) is 12.3. The van der Waals surface area contributed by atoms with Crippen LogP contribution in [-0.4, -0.2) is 21.8 Å². The van der Waals surface area contributed by atoms with E-state index in [0.29, 0.717) is 24.7 Å². The highest BCUT2D eigenvalue weighted by atomic mass is 35.5. The topological polar surface area (TPSA) is 59.2 Å². The Morgan fingerprint density at radius 3 is 2.50 bits per heavy atom. The van der Waals surface area contributed by atoms with Crippen LogP contribution < -0.4 is 5.73 Å². The summed E-state index contributed by atoms with van der Waals surface area (Å²) in [7, 11) is 0. The summed E-state index contributed by atoms with van der Waals surface area (Å²) >= 11 is 0. The number of carbonyl (C=O) groups is 1. The van der Waals surface area contributed by atoms with Gasteiger partial charge in [-0.25, -0.2) is 0 Å². The Morgan fingerprint density at radius 1 is 1.18 bits per heavy atom. The molecular formula is C17H20ClN3O. The number of nitrogens with two attached hydrogens (primary N) is 1. The van der Waals surface area contributed by atoms with Gasteiger partial charge in [0, 0.05) is 18.3 Å². The van der Waals surface area contributed by atoms with Gasteiger partial charge in [-0.2, -0.15) is 0 Å². The van der Waals surface area contributed by atoms with Gasteiger partial charge in [-0.1, -0.05) is 30.3 Å². The number of halogens is 1. The van der Waals surface area contributed by atoms with Crippen molar-refractivity contribution >= 4 is 24.0 Å². The summed E-state index contributed by atoms with van der Waals surface area (Å²) in [4.78, 5) is 18.7. The predicted octanol–water partition coefficient (Wildman–Crippen LogP) is 2.82. The SMILES string of the molecule is Cl.Nc1ccc(CC(=O)N(Cc2ccccc2)C2CC2)nc1. The van der Waals surface area contributed by atoms with E-state index in [9.17, 15) is 4.79 Å². The van der Waals surface area contributed by atoms with Crippen LogP contribution in [0.4, 0.5) is 5.69 Å². The fourth-order valence-corrected chi connectivity index (χ4v) is 2.38. The summed E-state index contributed by atoms with van der Waals surface area (Å²) in [6.07, 6.45) is 4.15. The van der Waals surface area contributed by atoms with Gasteiger partial charge in [0.15, 0.2) is 0 Å². The average molecular weight is 318 g/mol. The number of rotatable bonds is 5. The van der Waals surface area contributed by atoms with E-state index in [1.165, 1.54) is 5.56 Å². The van der Waals surface area contributed by atoms with E-state index in [4.69, 9.17) is 5.73 Å². The van der Waals surface area contributed by atoms with Crippen molar-refractivity contribution in [2.75, 3.05) is 5.73 Å². The molecule has 0 spiro atoms. The molecule has 1 amide bonds. The van der Waals surface area contributed by atoms with Gasteiger partial charge in [-0.15, -0.1) is 12.4 Å². The number of nitrogen functional groups attached to an aromatic ring is 1. The molecule has 5 heteroatoms. The van der Waals surface area contributed by atoms with E-state index < -0.39 is 0 Å². The van der Waals surface area contributed by atoms with Gasteiger partial charge in [-0.3, -0.25) is 9.78 Å². The maximum Gasteiger partial charge on any atom is 0.229 e. The molecule has 4 nitrogen and oxygen atoms in total. The second kappa shape index (κ2) is 7.27. The first-order valence-corrected chi connectivity index (χ1v) is 7.26. The third-order valence-corrected chi connectivity index (χ3v) is 3.68. The zero-order valence-corrected chi connectivity index (χ0v) is 13.1. The maximum atomic E-state index is 12.5. The number of hydrogen-bond donors (Lipinski definition) is 1. The lowest BCUT2D eigenvalue weighted by Gasteiger charge is -2.22. The fourth-order valence-electron chi connectivity index (χ4n) is 2.38. The van der Waals surface area contributed by atoms with Gasteiger partial charge in [0.1, 0.15) is 0 Å². The van der Waals surface area contributed by atoms with Gasteiger partial charge in [-0.05, 0) is 30.5 Å². The number of nitrogens with zero attached hydrogens (tertiary/aromatic N) is 2. The number of carbonyl (C=O) groups excluding carboxylic acids is 1.